The van der Waals surface area contributed by atoms with E-state index in [9.17, 15) is 19.7 Å². The molecule has 1 fully saturated rings. The molecule has 0 unspecified atom stereocenters. The number of benzene rings is 1. The standard InChI is InChI=1S/C14H19FO5/c15-9-4-1-8(2-5-9)3-6-10-12(17)14(19)13(18)11(7-16)20-10/h1-2,4-5,10-14,16-19H,3,6-7H2/t10-,11-,12+,13-,14+/m1/s1. The van der Waals surface area contributed by atoms with Crippen LogP contribution in [-0.4, -0.2) is 57.6 Å². The lowest BCUT2D eigenvalue weighted by atomic mass is 9.92. The van der Waals surface area contributed by atoms with Gasteiger partial charge in [0, 0.05) is 0 Å². The smallest absolute Gasteiger partial charge is 0.123 e. The van der Waals surface area contributed by atoms with E-state index >= 15 is 0 Å². The predicted octanol–water partition coefficient (Wildman–Crippen LogP) is -0.399. The van der Waals surface area contributed by atoms with E-state index in [1.54, 1.807) is 12.1 Å². The topological polar surface area (TPSA) is 90.2 Å². The Morgan fingerprint density at radius 2 is 1.55 bits per heavy atom. The molecule has 0 spiro atoms. The second kappa shape index (κ2) is 6.60. The molecule has 0 radical (unpaired) electrons. The summed E-state index contributed by atoms with van der Waals surface area (Å²) in [5.41, 5.74) is 0.878. The van der Waals surface area contributed by atoms with Gasteiger partial charge in [0.05, 0.1) is 12.7 Å². The number of ether oxygens (including phenoxy) is 1. The molecule has 1 aromatic rings. The molecule has 1 aliphatic heterocycles. The van der Waals surface area contributed by atoms with Gasteiger partial charge in [-0.1, -0.05) is 12.1 Å². The highest BCUT2D eigenvalue weighted by atomic mass is 19.1. The molecule has 1 heterocycles. The van der Waals surface area contributed by atoms with E-state index in [2.05, 4.69) is 0 Å². The first-order valence-electron chi connectivity index (χ1n) is 6.58. The summed E-state index contributed by atoms with van der Waals surface area (Å²) in [5, 5.41) is 38.3. The molecule has 2 rings (SSSR count). The lowest BCUT2D eigenvalue weighted by Crippen LogP contribution is -2.58. The molecule has 0 bridgehead atoms. The van der Waals surface area contributed by atoms with Gasteiger partial charge in [-0.25, -0.2) is 4.39 Å². The lowest BCUT2D eigenvalue weighted by molar-refractivity contribution is -0.230. The molecule has 20 heavy (non-hydrogen) atoms. The number of hydrogen-bond donors (Lipinski definition) is 4. The molecule has 6 heteroatoms. The zero-order valence-corrected chi connectivity index (χ0v) is 10.9. The van der Waals surface area contributed by atoms with Crippen LogP contribution in [0.1, 0.15) is 12.0 Å². The minimum Gasteiger partial charge on any atom is -0.394 e. The van der Waals surface area contributed by atoms with Gasteiger partial charge in [0.25, 0.3) is 0 Å². The van der Waals surface area contributed by atoms with Crippen molar-refractivity contribution >= 4 is 0 Å². The van der Waals surface area contributed by atoms with Crippen LogP contribution in [0.4, 0.5) is 4.39 Å². The van der Waals surface area contributed by atoms with Crippen molar-refractivity contribution in [2.24, 2.45) is 0 Å². The molecule has 1 saturated heterocycles. The van der Waals surface area contributed by atoms with Crippen molar-refractivity contribution in [3.8, 4) is 0 Å². The lowest BCUT2D eigenvalue weighted by Gasteiger charge is -2.40. The van der Waals surface area contributed by atoms with Crippen LogP contribution in [0.5, 0.6) is 0 Å². The summed E-state index contributed by atoms with van der Waals surface area (Å²) in [7, 11) is 0. The highest BCUT2D eigenvalue weighted by Crippen LogP contribution is 2.24. The van der Waals surface area contributed by atoms with Crippen LogP contribution in [0.15, 0.2) is 24.3 Å². The van der Waals surface area contributed by atoms with Crippen molar-refractivity contribution in [1.29, 1.82) is 0 Å². The molecule has 1 aliphatic rings. The van der Waals surface area contributed by atoms with Gasteiger partial charge in [0.1, 0.15) is 30.2 Å². The summed E-state index contributed by atoms with van der Waals surface area (Å²) in [4.78, 5) is 0. The van der Waals surface area contributed by atoms with Gasteiger partial charge in [-0.15, -0.1) is 0 Å². The second-order valence-electron chi connectivity index (χ2n) is 5.03. The first-order valence-corrected chi connectivity index (χ1v) is 6.58. The quantitative estimate of drug-likeness (QED) is 0.605. The van der Waals surface area contributed by atoms with Crippen LogP contribution >= 0.6 is 0 Å². The number of hydrogen-bond acceptors (Lipinski definition) is 5. The minimum absolute atomic E-state index is 0.318. The third kappa shape index (κ3) is 3.34. The third-order valence-corrected chi connectivity index (χ3v) is 3.62. The molecule has 112 valence electrons. The van der Waals surface area contributed by atoms with Crippen molar-refractivity contribution in [3.63, 3.8) is 0 Å². The maximum absolute atomic E-state index is 12.8. The first kappa shape index (κ1) is 15.3. The Bertz CT molecular complexity index is 422. The molecule has 1 aromatic carbocycles. The van der Waals surface area contributed by atoms with Crippen molar-refractivity contribution < 1.29 is 29.6 Å². The summed E-state index contributed by atoms with van der Waals surface area (Å²) in [6, 6.07) is 5.98. The number of rotatable bonds is 4. The van der Waals surface area contributed by atoms with E-state index in [1.807, 2.05) is 0 Å². The highest BCUT2D eigenvalue weighted by Gasteiger charge is 2.42. The average molecular weight is 286 g/mol. The minimum atomic E-state index is -1.35. The SMILES string of the molecule is OC[C@H]1O[C@H](CCc2ccc(F)cc2)[C@H](O)[C@H](O)[C@@H]1O. The van der Waals surface area contributed by atoms with Crippen LogP contribution < -0.4 is 0 Å². The number of aliphatic hydroxyl groups is 4. The van der Waals surface area contributed by atoms with E-state index in [-0.39, 0.29) is 5.82 Å². The number of aryl methyl sites for hydroxylation is 1. The average Bonchev–Trinajstić information content (AvgIpc) is 2.46. The van der Waals surface area contributed by atoms with Gasteiger partial charge < -0.3 is 25.2 Å². The fourth-order valence-corrected chi connectivity index (χ4v) is 2.38. The van der Waals surface area contributed by atoms with E-state index in [1.165, 1.54) is 12.1 Å². The Hall–Kier alpha value is -1.05. The van der Waals surface area contributed by atoms with Crippen molar-refractivity contribution in [1.82, 2.24) is 0 Å². The Morgan fingerprint density at radius 3 is 2.15 bits per heavy atom. The monoisotopic (exact) mass is 286 g/mol. The van der Waals surface area contributed by atoms with Gasteiger partial charge in [0.2, 0.25) is 0 Å². The zero-order valence-electron chi connectivity index (χ0n) is 10.9. The molecule has 5 nitrogen and oxygen atoms in total. The Morgan fingerprint density at radius 1 is 0.950 bits per heavy atom. The van der Waals surface area contributed by atoms with E-state index in [4.69, 9.17) is 9.84 Å². The molecule has 5 atom stereocenters. The summed E-state index contributed by atoms with van der Waals surface area (Å²) in [6.07, 6.45) is -4.54. The van der Waals surface area contributed by atoms with Crippen LogP contribution in [0, 0.1) is 5.82 Å². The van der Waals surface area contributed by atoms with Gasteiger partial charge in [-0.05, 0) is 30.5 Å². The van der Waals surface area contributed by atoms with E-state index < -0.39 is 37.1 Å². The van der Waals surface area contributed by atoms with Gasteiger partial charge in [0.15, 0.2) is 0 Å². The van der Waals surface area contributed by atoms with E-state index in [0.29, 0.717) is 12.8 Å². The van der Waals surface area contributed by atoms with Gasteiger partial charge in [-0.2, -0.15) is 0 Å². The van der Waals surface area contributed by atoms with Gasteiger partial charge in [-0.3, -0.25) is 0 Å². The van der Waals surface area contributed by atoms with E-state index in [0.717, 1.165) is 5.56 Å². The summed E-state index contributed by atoms with van der Waals surface area (Å²) in [5.74, 6) is -0.318. The second-order valence-corrected chi connectivity index (χ2v) is 5.03. The van der Waals surface area contributed by atoms with Crippen LogP contribution in [-0.2, 0) is 11.2 Å². The van der Waals surface area contributed by atoms with Crippen LogP contribution in [0.25, 0.3) is 0 Å². The number of aliphatic hydroxyl groups excluding tert-OH is 4. The third-order valence-electron chi connectivity index (χ3n) is 3.62. The predicted molar refractivity (Wildman–Crippen MR) is 68.5 cm³/mol. The summed E-state index contributed by atoms with van der Waals surface area (Å²) in [6.45, 7) is -0.433. The normalized spacial score (nSPS) is 34.1. The summed E-state index contributed by atoms with van der Waals surface area (Å²) < 4.78 is 18.2. The fourth-order valence-electron chi connectivity index (χ4n) is 2.38. The van der Waals surface area contributed by atoms with Gasteiger partial charge >= 0.3 is 0 Å². The first-order chi connectivity index (χ1) is 9.52. The largest absolute Gasteiger partial charge is 0.394 e. The summed E-state index contributed by atoms with van der Waals surface area (Å²) >= 11 is 0. The maximum atomic E-state index is 12.8. The number of halogens is 1. The zero-order chi connectivity index (χ0) is 14.7. The molecular formula is C14H19FO5. The molecule has 0 saturated carbocycles. The van der Waals surface area contributed by atoms with Crippen molar-refractivity contribution in [2.45, 2.75) is 43.4 Å². The molecule has 0 aliphatic carbocycles. The Balaban J connectivity index is 1.95. The van der Waals surface area contributed by atoms with Crippen LogP contribution in [0.2, 0.25) is 0 Å². The maximum Gasteiger partial charge on any atom is 0.123 e. The molecule has 4 N–H and O–H groups in total. The fraction of sp³-hybridized carbons (Fsp3) is 0.571. The molecule has 0 amide bonds. The van der Waals surface area contributed by atoms with Crippen molar-refractivity contribution in [3.05, 3.63) is 35.6 Å². The van der Waals surface area contributed by atoms with Crippen LogP contribution in [0.3, 0.4) is 0 Å². The molecule has 0 aromatic heterocycles. The Kier molecular flexibility index (Phi) is 5.06. The molecular weight excluding hydrogens is 267 g/mol. The highest BCUT2D eigenvalue weighted by molar-refractivity contribution is 5.16. The van der Waals surface area contributed by atoms with Crippen molar-refractivity contribution in [2.75, 3.05) is 6.61 Å². The Labute approximate surface area is 116 Å².